The molecule has 2 aromatic heterocycles. The Hall–Kier alpha value is -3.38. The quantitative estimate of drug-likeness (QED) is 0.456. The lowest BCUT2D eigenvalue weighted by atomic mass is 10.0. The summed E-state index contributed by atoms with van der Waals surface area (Å²) in [7, 11) is 0. The van der Waals surface area contributed by atoms with Crippen molar-refractivity contribution in [3.8, 4) is 17.6 Å². The molecule has 0 saturated carbocycles. The number of ether oxygens (including phenoxy) is 1. The lowest BCUT2D eigenvalue weighted by Crippen LogP contribution is -2.20. The van der Waals surface area contributed by atoms with Crippen LogP contribution < -0.4 is 16.0 Å². The maximum Gasteiger partial charge on any atom is 0.270 e. The van der Waals surface area contributed by atoms with Crippen molar-refractivity contribution in [1.29, 1.82) is 10.7 Å². The van der Waals surface area contributed by atoms with Crippen molar-refractivity contribution in [3.63, 3.8) is 0 Å². The molecule has 3 rings (SSSR count). The van der Waals surface area contributed by atoms with Gasteiger partial charge in [-0.1, -0.05) is 23.2 Å². The second-order valence-electron chi connectivity index (χ2n) is 5.87. The van der Waals surface area contributed by atoms with Crippen LogP contribution in [-0.2, 0) is 0 Å². The van der Waals surface area contributed by atoms with Gasteiger partial charge in [-0.05, 0) is 30.3 Å². The fourth-order valence-electron chi connectivity index (χ4n) is 2.52. The van der Waals surface area contributed by atoms with Crippen LogP contribution >= 0.6 is 23.2 Å². The predicted molar refractivity (Wildman–Crippen MR) is 109 cm³/mol. The molecule has 0 radical (unpaired) electrons. The van der Waals surface area contributed by atoms with E-state index in [0.29, 0.717) is 0 Å². The Bertz CT molecular complexity index is 1200. The molecule has 10 heteroatoms. The highest BCUT2D eigenvalue weighted by Crippen LogP contribution is 2.31. The summed E-state index contributed by atoms with van der Waals surface area (Å²) >= 11 is 12.0. The second kappa shape index (κ2) is 8.32. The number of pyridine rings is 2. The number of aliphatic hydroxyl groups is 1. The van der Waals surface area contributed by atoms with Gasteiger partial charge in [0.15, 0.2) is 5.75 Å². The number of H-pyrrole nitrogens is 1. The van der Waals surface area contributed by atoms with E-state index in [2.05, 4.69) is 9.97 Å². The largest absolute Gasteiger partial charge is 0.455 e. The molecule has 0 aliphatic carbocycles. The number of rotatable bonds is 5. The fourth-order valence-corrected chi connectivity index (χ4v) is 2.89. The van der Waals surface area contributed by atoms with Crippen LogP contribution in [0.3, 0.4) is 0 Å². The number of aromatic amines is 1. The number of nitriles is 1. The number of nitrogens with zero attached hydrogens (tertiary/aromatic N) is 2. The SMILES string of the molecule is N#Cc1cc(Cl)cc(Oc2cc(C(O)C(=N)c3cccnc3N)[nH]c(=O)c2Cl)c1. The summed E-state index contributed by atoms with van der Waals surface area (Å²) in [4.78, 5) is 18.5. The zero-order valence-corrected chi connectivity index (χ0v) is 16.1. The monoisotopic (exact) mass is 429 g/mol. The molecule has 3 aromatic rings. The summed E-state index contributed by atoms with van der Waals surface area (Å²) in [5.74, 6) is 0.156. The molecule has 0 saturated heterocycles. The maximum absolute atomic E-state index is 12.2. The molecule has 5 N–H and O–H groups in total. The van der Waals surface area contributed by atoms with Gasteiger partial charge in [-0.25, -0.2) is 4.98 Å². The van der Waals surface area contributed by atoms with E-state index in [1.807, 2.05) is 6.07 Å². The summed E-state index contributed by atoms with van der Waals surface area (Å²) in [5, 5.41) is 27.8. The Kier molecular flexibility index (Phi) is 5.84. The van der Waals surface area contributed by atoms with Crippen LogP contribution in [0.4, 0.5) is 5.82 Å². The normalized spacial score (nSPS) is 11.5. The van der Waals surface area contributed by atoms with Crippen molar-refractivity contribution >= 4 is 34.7 Å². The van der Waals surface area contributed by atoms with Crippen molar-refractivity contribution < 1.29 is 9.84 Å². The van der Waals surface area contributed by atoms with Crippen LogP contribution in [-0.4, -0.2) is 20.8 Å². The fraction of sp³-hybridized carbons (Fsp3) is 0.0526. The number of halogens is 2. The van der Waals surface area contributed by atoms with Crippen LogP contribution in [0.25, 0.3) is 0 Å². The van der Waals surface area contributed by atoms with E-state index < -0.39 is 11.7 Å². The highest BCUT2D eigenvalue weighted by molar-refractivity contribution is 6.32. The zero-order valence-electron chi connectivity index (χ0n) is 14.6. The summed E-state index contributed by atoms with van der Waals surface area (Å²) in [6.07, 6.45) is -0.0717. The Morgan fingerprint density at radius 3 is 2.79 bits per heavy atom. The first kappa shape index (κ1) is 20.4. The van der Waals surface area contributed by atoms with Crippen molar-refractivity contribution in [3.05, 3.63) is 79.8 Å². The lowest BCUT2D eigenvalue weighted by molar-refractivity contribution is 0.241. The number of hydrogen-bond acceptors (Lipinski definition) is 7. The minimum atomic E-state index is -1.53. The zero-order chi connectivity index (χ0) is 21.1. The van der Waals surface area contributed by atoms with Gasteiger partial charge in [0.2, 0.25) is 0 Å². The van der Waals surface area contributed by atoms with Gasteiger partial charge in [-0.3, -0.25) is 4.79 Å². The van der Waals surface area contributed by atoms with E-state index in [1.165, 1.54) is 36.5 Å². The highest BCUT2D eigenvalue weighted by atomic mass is 35.5. The number of hydrogen-bond donors (Lipinski definition) is 4. The van der Waals surface area contributed by atoms with Gasteiger partial charge in [0, 0.05) is 22.8 Å². The van der Waals surface area contributed by atoms with Crippen molar-refractivity contribution in [2.45, 2.75) is 6.10 Å². The summed E-state index contributed by atoms with van der Waals surface area (Å²) in [5.41, 5.74) is 5.18. The van der Waals surface area contributed by atoms with E-state index >= 15 is 0 Å². The minimum absolute atomic E-state index is 0.0369. The van der Waals surface area contributed by atoms with Crippen LogP contribution in [0.15, 0.2) is 47.4 Å². The van der Waals surface area contributed by atoms with Crippen LogP contribution in [0.2, 0.25) is 10.0 Å². The molecule has 1 unspecified atom stereocenters. The number of nitrogens with one attached hydrogen (secondary N) is 2. The minimum Gasteiger partial charge on any atom is -0.455 e. The predicted octanol–water partition coefficient (Wildman–Crippen LogP) is 3.42. The molecule has 29 heavy (non-hydrogen) atoms. The van der Waals surface area contributed by atoms with Gasteiger partial charge in [-0.15, -0.1) is 0 Å². The smallest absolute Gasteiger partial charge is 0.270 e. The Morgan fingerprint density at radius 1 is 1.34 bits per heavy atom. The summed E-state index contributed by atoms with van der Waals surface area (Å²) < 4.78 is 5.61. The molecule has 0 spiro atoms. The molecule has 0 bridgehead atoms. The summed E-state index contributed by atoms with van der Waals surface area (Å²) in [6, 6.07) is 10.6. The first-order valence-electron chi connectivity index (χ1n) is 8.08. The van der Waals surface area contributed by atoms with E-state index in [0.717, 1.165) is 0 Å². The summed E-state index contributed by atoms with van der Waals surface area (Å²) in [6.45, 7) is 0. The molecule has 0 fully saturated rings. The molecule has 1 atom stereocenters. The number of aromatic nitrogens is 2. The molecule has 0 amide bonds. The number of nitrogens with two attached hydrogens (primary N) is 1. The maximum atomic E-state index is 12.2. The number of anilines is 1. The molecule has 1 aromatic carbocycles. The Balaban J connectivity index is 1.99. The van der Waals surface area contributed by atoms with E-state index in [-0.39, 0.29) is 49.9 Å². The van der Waals surface area contributed by atoms with Gasteiger partial charge < -0.3 is 26.0 Å². The van der Waals surface area contributed by atoms with Gasteiger partial charge in [-0.2, -0.15) is 5.26 Å². The molecule has 0 aliphatic rings. The third kappa shape index (κ3) is 4.38. The second-order valence-corrected chi connectivity index (χ2v) is 6.69. The first-order chi connectivity index (χ1) is 13.8. The van der Waals surface area contributed by atoms with Gasteiger partial charge in [0.1, 0.15) is 22.7 Å². The first-order valence-corrected chi connectivity index (χ1v) is 8.84. The third-order valence-corrected chi connectivity index (χ3v) is 4.46. The van der Waals surface area contributed by atoms with E-state index in [9.17, 15) is 9.90 Å². The number of benzene rings is 1. The van der Waals surface area contributed by atoms with E-state index in [4.69, 9.17) is 44.3 Å². The number of nitrogen functional groups attached to an aromatic ring is 1. The van der Waals surface area contributed by atoms with Gasteiger partial charge in [0.05, 0.1) is 23.0 Å². The number of aliphatic hydroxyl groups excluding tert-OH is 1. The molecule has 8 nitrogen and oxygen atoms in total. The molecule has 146 valence electrons. The lowest BCUT2D eigenvalue weighted by Gasteiger charge is -2.15. The molecular formula is C19H13Cl2N5O3. The highest BCUT2D eigenvalue weighted by Gasteiger charge is 2.21. The average Bonchev–Trinajstić information content (AvgIpc) is 2.70. The van der Waals surface area contributed by atoms with Crippen LogP contribution in [0, 0.1) is 16.7 Å². The van der Waals surface area contributed by atoms with Crippen molar-refractivity contribution in [1.82, 2.24) is 9.97 Å². The van der Waals surface area contributed by atoms with Gasteiger partial charge in [0.25, 0.3) is 5.56 Å². The molecular weight excluding hydrogens is 417 g/mol. The average molecular weight is 430 g/mol. The van der Waals surface area contributed by atoms with Crippen LogP contribution in [0.1, 0.15) is 22.9 Å². The topological polar surface area (TPSA) is 149 Å². The molecule has 2 heterocycles. The Labute approximate surface area is 174 Å². The van der Waals surface area contributed by atoms with Crippen LogP contribution in [0.5, 0.6) is 11.5 Å². The third-order valence-electron chi connectivity index (χ3n) is 3.89. The van der Waals surface area contributed by atoms with Gasteiger partial charge >= 0.3 is 0 Å². The van der Waals surface area contributed by atoms with E-state index in [1.54, 1.807) is 6.07 Å². The van der Waals surface area contributed by atoms with Crippen molar-refractivity contribution in [2.75, 3.05) is 5.73 Å². The standard InChI is InChI=1S/C19H13Cl2N5O3/c20-10-4-9(8-22)5-11(6-10)29-14-7-13(26-19(28)15(14)21)17(27)16(23)12-2-1-3-25-18(12)24/h1-7,17,23,27H,(H2,24,25)(H,26,28). The Morgan fingerprint density at radius 2 is 2.10 bits per heavy atom. The van der Waals surface area contributed by atoms with Crippen molar-refractivity contribution in [2.24, 2.45) is 0 Å². The molecule has 0 aliphatic heterocycles.